The van der Waals surface area contributed by atoms with E-state index in [1.54, 1.807) is 26.0 Å². The number of carbonyl (C=O) groups excluding carboxylic acids is 1. The zero-order valence-corrected chi connectivity index (χ0v) is 15.4. The van der Waals surface area contributed by atoms with E-state index in [-0.39, 0.29) is 11.5 Å². The first kappa shape index (κ1) is 17.4. The van der Waals surface area contributed by atoms with Gasteiger partial charge < -0.3 is 19.1 Å². The minimum absolute atomic E-state index is 0.223. The maximum absolute atomic E-state index is 12.1. The quantitative estimate of drug-likeness (QED) is 0.834. The van der Waals surface area contributed by atoms with E-state index in [1.807, 2.05) is 11.2 Å². The summed E-state index contributed by atoms with van der Waals surface area (Å²) in [6.07, 6.45) is 4.50. The molecule has 0 bridgehead atoms. The number of fused-ring (bicyclic) bond motifs is 2. The van der Waals surface area contributed by atoms with Crippen LogP contribution in [0.1, 0.15) is 24.0 Å². The topological polar surface area (TPSA) is 48.0 Å². The third kappa shape index (κ3) is 3.09. The summed E-state index contributed by atoms with van der Waals surface area (Å²) >= 11 is 1.58. The van der Waals surface area contributed by atoms with Crippen molar-refractivity contribution >= 4 is 17.7 Å². The first-order chi connectivity index (χ1) is 11.6. The molecule has 5 nitrogen and oxygen atoms in total. The van der Waals surface area contributed by atoms with Crippen LogP contribution in [0.4, 0.5) is 0 Å². The Labute approximate surface area is 147 Å². The lowest BCUT2D eigenvalue weighted by Crippen LogP contribution is -2.48. The fraction of sp³-hybridized carbons (Fsp3) is 0.611. The summed E-state index contributed by atoms with van der Waals surface area (Å²) in [5.74, 6) is 2.28. The van der Waals surface area contributed by atoms with Crippen LogP contribution in [0.2, 0.25) is 0 Å². The summed E-state index contributed by atoms with van der Waals surface area (Å²) in [6.45, 7) is 2.20. The van der Waals surface area contributed by atoms with Crippen molar-refractivity contribution in [2.45, 2.75) is 24.9 Å². The second-order valence-electron chi connectivity index (χ2n) is 6.27. The monoisotopic (exact) mass is 351 g/mol. The fourth-order valence-corrected chi connectivity index (χ4v) is 4.16. The van der Waals surface area contributed by atoms with Crippen LogP contribution < -0.4 is 9.47 Å². The summed E-state index contributed by atoms with van der Waals surface area (Å²) in [5, 5.41) is 0. The van der Waals surface area contributed by atoms with Gasteiger partial charge in [-0.15, -0.1) is 0 Å². The molecule has 1 saturated heterocycles. The van der Waals surface area contributed by atoms with E-state index in [0.29, 0.717) is 12.4 Å². The van der Waals surface area contributed by atoms with Gasteiger partial charge in [0.25, 0.3) is 0 Å². The van der Waals surface area contributed by atoms with Crippen LogP contribution in [-0.4, -0.2) is 56.7 Å². The first-order valence-electron chi connectivity index (χ1n) is 8.29. The van der Waals surface area contributed by atoms with Gasteiger partial charge in [0.05, 0.1) is 32.2 Å². The SMILES string of the molecule is COc1cc2c(cc1OC)C1(CCN(C(=O)CSC)CC1)OCC2. The van der Waals surface area contributed by atoms with Gasteiger partial charge in [0.15, 0.2) is 11.5 Å². The Balaban J connectivity index is 1.86. The van der Waals surface area contributed by atoms with Crippen LogP contribution in [0.15, 0.2) is 12.1 Å². The molecule has 1 aromatic rings. The molecule has 1 amide bonds. The number of piperidine rings is 1. The van der Waals surface area contributed by atoms with E-state index in [1.165, 1.54) is 11.1 Å². The average molecular weight is 351 g/mol. The van der Waals surface area contributed by atoms with Crippen molar-refractivity contribution in [1.29, 1.82) is 0 Å². The van der Waals surface area contributed by atoms with Crippen LogP contribution in [0.25, 0.3) is 0 Å². The van der Waals surface area contributed by atoms with Crippen LogP contribution >= 0.6 is 11.8 Å². The van der Waals surface area contributed by atoms with E-state index in [2.05, 4.69) is 12.1 Å². The van der Waals surface area contributed by atoms with Crippen molar-refractivity contribution in [2.75, 3.05) is 45.9 Å². The highest BCUT2D eigenvalue weighted by atomic mass is 32.2. The van der Waals surface area contributed by atoms with E-state index in [4.69, 9.17) is 14.2 Å². The first-order valence-corrected chi connectivity index (χ1v) is 9.69. The van der Waals surface area contributed by atoms with Crippen LogP contribution in [0.3, 0.4) is 0 Å². The van der Waals surface area contributed by atoms with Crippen molar-refractivity contribution in [2.24, 2.45) is 0 Å². The lowest BCUT2D eigenvalue weighted by Gasteiger charge is -2.45. The lowest BCUT2D eigenvalue weighted by molar-refractivity contribution is -0.138. The summed E-state index contributed by atoms with van der Waals surface area (Å²) in [7, 11) is 3.32. The van der Waals surface area contributed by atoms with Crippen molar-refractivity contribution in [3.8, 4) is 11.5 Å². The molecule has 0 N–H and O–H groups in total. The molecule has 0 aromatic heterocycles. The lowest BCUT2D eigenvalue weighted by atomic mass is 9.79. The second-order valence-corrected chi connectivity index (χ2v) is 7.14. The number of amides is 1. The van der Waals surface area contributed by atoms with Gasteiger partial charge in [-0.3, -0.25) is 4.79 Å². The number of carbonyl (C=O) groups is 1. The number of likely N-dealkylation sites (tertiary alicyclic amines) is 1. The molecule has 0 radical (unpaired) electrons. The number of nitrogens with zero attached hydrogens (tertiary/aromatic N) is 1. The highest BCUT2D eigenvalue weighted by Crippen LogP contribution is 2.45. The Morgan fingerprint density at radius 2 is 1.92 bits per heavy atom. The smallest absolute Gasteiger partial charge is 0.232 e. The number of methoxy groups -OCH3 is 2. The normalized spacial score (nSPS) is 19.0. The molecule has 24 heavy (non-hydrogen) atoms. The molecule has 2 aliphatic heterocycles. The predicted molar refractivity (Wildman–Crippen MR) is 95.1 cm³/mol. The van der Waals surface area contributed by atoms with Crippen LogP contribution in [0.5, 0.6) is 11.5 Å². The van der Waals surface area contributed by atoms with Gasteiger partial charge in [0.2, 0.25) is 5.91 Å². The highest BCUT2D eigenvalue weighted by Gasteiger charge is 2.42. The molecule has 2 aliphatic rings. The molecule has 2 heterocycles. The Kier molecular flexibility index (Phi) is 5.25. The van der Waals surface area contributed by atoms with Crippen molar-refractivity contribution in [1.82, 2.24) is 4.90 Å². The van der Waals surface area contributed by atoms with E-state index >= 15 is 0 Å². The molecule has 0 atom stereocenters. The van der Waals surface area contributed by atoms with E-state index in [0.717, 1.165) is 43.9 Å². The zero-order chi connectivity index (χ0) is 17.2. The Bertz CT molecular complexity index is 611. The highest BCUT2D eigenvalue weighted by molar-refractivity contribution is 7.99. The standard InChI is InChI=1S/C18H25NO4S/c1-21-15-10-13-4-9-23-18(14(13)11-16(15)22-2)5-7-19(8-6-18)17(20)12-24-3/h10-11H,4-9,12H2,1-3H3. The second kappa shape index (κ2) is 7.23. The average Bonchev–Trinajstić information content (AvgIpc) is 2.62. The summed E-state index contributed by atoms with van der Waals surface area (Å²) < 4.78 is 17.2. The number of ether oxygens (including phenoxy) is 3. The number of benzene rings is 1. The van der Waals surface area contributed by atoms with Crippen LogP contribution in [-0.2, 0) is 21.6 Å². The molecule has 0 aliphatic carbocycles. The molecule has 132 valence electrons. The number of thioether (sulfide) groups is 1. The number of rotatable bonds is 4. The molecule has 0 unspecified atom stereocenters. The maximum atomic E-state index is 12.1. The molecular formula is C18H25NO4S. The maximum Gasteiger partial charge on any atom is 0.232 e. The van der Waals surface area contributed by atoms with E-state index < -0.39 is 0 Å². The largest absolute Gasteiger partial charge is 0.493 e. The number of hydrogen-bond acceptors (Lipinski definition) is 5. The minimum Gasteiger partial charge on any atom is -0.493 e. The summed E-state index contributed by atoms with van der Waals surface area (Å²) in [4.78, 5) is 14.1. The van der Waals surface area contributed by atoms with Gasteiger partial charge in [-0.05, 0) is 48.8 Å². The molecular weight excluding hydrogens is 326 g/mol. The Morgan fingerprint density at radius 1 is 1.25 bits per heavy atom. The molecule has 0 saturated carbocycles. The van der Waals surface area contributed by atoms with Gasteiger partial charge in [0, 0.05) is 13.1 Å². The number of hydrogen-bond donors (Lipinski definition) is 0. The molecule has 6 heteroatoms. The summed E-state index contributed by atoms with van der Waals surface area (Å²) in [6, 6.07) is 4.14. The van der Waals surface area contributed by atoms with Gasteiger partial charge in [-0.1, -0.05) is 0 Å². The van der Waals surface area contributed by atoms with E-state index in [9.17, 15) is 4.79 Å². The molecule has 1 spiro atoms. The predicted octanol–water partition coefficient (Wildman–Crippen LogP) is 2.46. The third-order valence-electron chi connectivity index (χ3n) is 5.04. The third-order valence-corrected chi connectivity index (χ3v) is 5.58. The van der Waals surface area contributed by atoms with Gasteiger partial charge in [0.1, 0.15) is 0 Å². The molecule has 3 rings (SSSR count). The molecule has 1 aromatic carbocycles. The zero-order valence-electron chi connectivity index (χ0n) is 14.6. The Hall–Kier alpha value is -1.40. The fourth-order valence-electron chi connectivity index (χ4n) is 3.73. The van der Waals surface area contributed by atoms with Crippen molar-refractivity contribution < 1.29 is 19.0 Å². The minimum atomic E-state index is -0.302. The Morgan fingerprint density at radius 3 is 2.54 bits per heavy atom. The van der Waals surface area contributed by atoms with Crippen molar-refractivity contribution in [3.05, 3.63) is 23.3 Å². The molecule has 1 fully saturated rings. The van der Waals surface area contributed by atoms with Gasteiger partial charge >= 0.3 is 0 Å². The summed E-state index contributed by atoms with van der Waals surface area (Å²) in [5.41, 5.74) is 2.16. The van der Waals surface area contributed by atoms with Gasteiger partial charge in [-0.2, -0.15) is 11.8 Å². The van der Waals surface area contributed by atoms with Crippen molar-refractivity contribution in [3.63, 3.8) is 0 Å². The van der Waals surface area contributed by atoms with Gasteiger partial charge in [-0.25, -0.2) is 0 Å². The van der Waals surface area contributed by atoms with Crippen LogP contribution in [0, 0.1) is 0 Å².